The minimum atomic E-state index is -3.59. The summed E-state index contributed by atoms with van der Waals surface area (Å²) >= 11 is 5.94. The first-order chi connectivity index (χ1) is 9.96. The van der Waals surface area contributed by atoms with Crippen LogP contribution in [0.15, 0.2) is 23.1 Å². The summed E-state index contributed by atoms with van der Waals surface area (Å²) in [5.74, 6) is 0. The van der Waals surface area contributed by atoms with Gasteiger partial charge in [-0.1, -0.05) is 11.6 Å². The molecule has 1 fully saturated rings. The zero-order chi connectivity index (χ0) is 15.5. The van der Waals surface area contributed by atoms with Crippen LogP contribution in [0.3, 0.4) is 0 Å². The Bertz CT molecular complexity index is 647. The van der Waals surface area contributed by atoms with Crippen molar-refractivity contribution in [1.29, 1.82) is 5.26 Å². The summed E-state index contributed by atoms with van der Waals surface area (Å²) in [5.41, 5.74) is 0.275. The smallest absolute Gasteiger partial charge is 0.243 e. The number of nitriles is 1. The van der Waals surface area contributed by atoms with Crippen LogP contribution >= 0.6 is 11.6 Å². The summed E-state index contributed by atoms with van der Waals surface area (Å²) in [6, 6.07) is 6.14. The lowest BCUT2D eigenvalue weighted by Gasteiger charge is -2.26. The summed E-state index contributed by atoms with van der Waals surface area (Å²) in [7, 11) is -1.98. The maximum Gasteiger partial charge on any atom is 0.243 e. The van der Waals surface area contributed by atoms with Crippen LogP contribution in [-0.4, -0.2) is 38.9 Å². The van der Waals surface area contributed by atoms with E-state index in [2.05, 4.69) is 5.32 Å². The van der Waals surface area contributed by atoms with Gasteiger partial charge in [-0.25, -0.2) is 8.42 Å². The number of hydrogen-bond acceptors (Lipinski definition) is 4. The topological polar surface area (TPSA) is 73.2 Å². The average Bonchev–Trinajstić information content (AvgIpc) is 2.75. The molecule has 1 N–H and O–H groups in total. The van der Waals surface area contributed by atoms with Gasteiger partial charge in [0.2, 0.25) is 10.0 Å². The Morgan fingerprint density at radius 1 is 1.38 bits per heavy atom. The molecule has 1 unspecified atom stereocenters. The van der Waals surface area contributed by atoms with Crippen molar-refractivity contribution >= 4 is 21.6 Å². The van der Waals surface area contributed by atoms with Crippen LogP contribution in [0.1, 0.15) is 24.8 Å². The molecule has 0 bridgehead atoms. The van der Waals surface area contributed by atoms with Gasteiger partial charge in [-0.15, -0.1) is 0 Å². The van der Waals surface area contributed by atoms with Crippen molar-refractivity contribution in [2.24, 2.45) is 0 Å². The first kappa shape index (κ1) is 16.2. The van der Waals surface area contributed by atoms with E-state index in [9.17, 15) is 8.42 Å². The minimum absolute atomic E-state index is 0.0144. The molecule has 1 aliphatic heterocycles. The molecular formula is C14H18ClN3O2S. The Morgan fingerprint density at radius 3 is 2.81 bits per heavy atom. The minimum Gasteiger partial charge on any atom is -0.317 e. The summed E-state index contributed by atoms with van der Waals surface area (Å²) in [6.07, 6.45) is 2.59. The molecule has 0 aliphatic carbocycles. The van der Waals surface area contributed by atoms with E-state index < -0.39 is 10.0 Å². The second-order valence-corrected chi connectivity index (χ2v) is 7.51. The number of sulfonamides is 1. The lowest BCUT2D eigenvalue weighted by atomic mass is 10.1. The van der Waals surface area contributed by atoms with E-state index in [1.807, 2.05) is 6.07 Å². The van der Waals surface area contributed by atoms with Crippen molar-refractivity contribution in [2.45, 2.75) is 30.2 Å². The second-order valence-electron chi connectivity index (χ2n) is 5.11. The van der Waals surface area contributed by atoms with Gasteiger partial charge in [-0.3, -0.25) is 0 Å². The summed E-state index contributed by atoms with van der Waals surface area (Å²) in [4.78, 5) is 0.131. The monoisotopic (exact) mass is 327 g/mol. The third kappa shape index (κ3) is 3.55. The fourth-order valence-corrected chi connectivity index (χ4v) is 4.20. The van der Waals surface area contributed by atoms with E-state index in [1.54, 1.807) is 7.05 Å². The largest absolute Gasteiger partial charge is 0.317 e. The highest BCUT2D eigenvalue weighted by atomic mass is 35.5. The van der Waals surface area contributed by atoms with Crippen molar-refractivity contribution in [1.82, 2.24) is 9.62 Å². The van der Waals surface area contributed by atoms with Crippen molar-refractivity contribution < 1.29 is 8.42 Å². The zero-order valence-electron chi connectivity index (χ0n) is 11.8. The van der Waals surface area contributed by atoms with E-state index in [4.69, 9.17) is 16.9 Å². The van der Waals surface area contributed by atoms with Crippen LogP contribution in [0, 0.1) is 11.3 Å². The molecule has 1 aliphatic rings. The van der Waals surface area contributed by atoms with Crippen LogP contribution < -0.4 is 5.32 Å². The highest BCUT2D eigenvalue weighted by Crippen LogP contribution is 2.25. The third-order valence-electron chi connectivity index (χ3n) is 3.80. The normalized spacial score (nSPS) is 20.0. The maximum atomic E-state index is 12.7. The van der Waals surface area contributed by atoms with Crippen molar-refractivity contribution in [3.63, 3.8) is 0 Å². The Kier molecular flexibility index (Phi) is 5.22. The van der Waals surface area contributed by atoms with Gasteiger partial charge in [0.05, 0.1) is 15.5 Å². The van der Waals surface area contributed by atoms with Gasteiger partial charge in [0.1, 0.15) is 6.07 Å². The Morgan fingerprint density at radius 2 is 2.14 bits per heavy atom. The lowest BCUT2D eigenvalue weighted by Crippen LogP contribution is -2.37. The summed E-state index contributed by atoms with van der Waals surface area (Å²) in [6.45, 7) is 1.74. The molecule has 5 nitrogen and oxygen atoms in total. The van der Waals surface area contributed by atoms with Crippen molar-refractivity contribution in [2.75, 3.05) is 20.1 Å². The van der Waals surface area contributed by atoms with Crippen LogP contribution in [0.4, 0.5) is 0 Å². The highest BCUT2D eigenvalue weighted by molar-refractivity contribution is 7.89. The molecule has 21 heavy (non-hydrogen) atoms. The van der Waals surface area contributed by atoms with Gasteiger partial charge in [-0.05, 0) is 50.6 Å². The van der Waals surface area contributed by atoms with E-state index in [0.29, 0.717) is 0 Å². The van der Waals surface area contributed by atoms with Crippen LogP contribution in [0.2, 0.25) is 5.02 Å². The first-order valence-corrected chi connectivity index (χ1v) is 8.67. The van der Waals surface area contributed by atoms with Crippen molar-refractivity contribution in [3.05, 3.63) is 28.8 Å². The predicted octanol–water partition coefficient (Wildman–Crippen LogP) is 1.97. The van der Waals surface area contributed by atoms with Crippen molar-refractivity contribution in [3.8, 4) is 6.07 Å². The number of nitrogens with one attached hydrogen (secondary N) is 1. The van der Waals surface area contributed by atoms with E-state index in [-0.39, 0.29) is 21.5 Å². The van der Waals surface area contributed by atoms with Gasteiger partial charge in [0, 0.05) is 13.1 Å². The summed E-state index contributed by atoms with van der Waals surface area (Å²) in [5, 5.41) is 12.3. The van der Waals surface area contributed by atoms with Gasteiger partial charge in [-0.2, -0.15) is 9.57 Å². The molecule has 0 saturated carbocycles. The van der Waals surface area contributed by atoms with Crippen LogP contribution in [0.5, 0.6) is 0 Å². The molecule has 0 amide bonds. The van der Waals surface area contributed by atoms with Gasteiger partial charge in [0.25, 0.3) is 0 Å². The lowest BCUT2D eigenvalue weighted by molar-refractivity contribution is 0.341. The predicted molar refractivity (Wildman–Crippen MR) is 81.6 cm³/mol. The molecule has 0 radical (unpaired) electrons. The molecule has 0 spiro atoms. The molecule has 0 aromatic heterocycles. The number of nitrogens with zero attached hydrogens (tertiary/aromatic N) is 2. The number of benzene rings is 1. The quantitative estimate of drug-likeness (QED) is 0.921. The average molecular weight is 328 g/mol. The molecule has 2 rings (SSSR count). The number of halogens is 1. The third-order valence-corrected chi connectivity index (χ3v) is 6.02. The fourth-order valence-electron chi connectivity index (χ4n) is 2.47. The standard InChI is InChI=1S/C14H18ClN3O2S/c1-18(12-3-2-7-17-8-6-12)21(19,20)13-5-4-11(10-16)14(15)9-13/h4-5,9,12,17H,2-3,6-8H2,1H3. The summed E-state index contributed by atoms with van der Waals surface area (Å²) < 4.78 is 26.7. The van der Waals surface area contributed by atoms with Gasteiger partial charge in [0.15, 0.2) is 0 Å². The number of rotatable bonds is 3. The molecule has 114 valence electrons. The Balaban J connectivity index is 2.28. The van der Waals surface area contributed by atoms with E-state index in [0.717, 1.165) is 32.4 Å². The van der Waals surface area contributed by atoms with Gasteiger partial charge >= 0.3 is 0 Å². The first-order valence-electron chi connectivity index (χ1n) is 6.85. The Hall–Kier alpha value is -1.13. The molecule has 7 heteroatoms. The molecular weight excluding hydrogens is 310 g/mol. The number of hydrogen-bond donors (Lipinski definition) is 1. The fraction of sp³-hybridized carbons (Fsp3) is 0.500. The SMILES string of the molecule is CN(C1CCCNCC1)S(=O)(=O)c1ccc(C#N)c(Cl)c1. The molecule has 1 atom stereocenters. The molecule has 1 aromatic rings. The second kappa shape index (κ2) is 6.75. The maximum absolute atomic E-state index is 12.7. The Labute approximate surface area is 130 Å². The highest BCUT2D eigenvalue weighted by Gasteiger charge is 2.28. The van der Waals surface area contributed by atoms with Crippen LogP contribution in [0.25, 0.3) is 0 Å². The molecule has 1 heterocycles. The van der Waals surface area contributed by atoms with Crippen LogP contribution in [-0.2, 0) is 10.0 Å². The van der Waals surface area contributed by atoms with E-state index >= 15 is 0 Å². The zero-order valence-corrected chi connectivity index (χ0v) is 13.4. The van der Waals surface area contributed by atoms with E-state index in [1.165, 1.54) is 22.5 Å². The van der Waals surface area contributed by atoms with Gasteiger partial charge < -0.3 is 5.32 Å². The molecule has 1 aromatic carbocycles. The molecule has 1 saturated heterocycles.